The van der Waals surface area contributed by atoms with Gasteiger partial charge in [0.2, 0.25) is 10.0 Å². The Balaban J connectivity index is 1.44. The van der Waals surface area contributed by atoms with E-state index in [-0.39, 0.29) is 44.0 Å². The third kappa shape index (κ3) is 5.00. The van der Waals surface area contributed by atoms with Crippen LogP contribution in [0.2, 0.25) is 0 Å². The Morgan fingerprint density at radius 2 is 1.77 bits per heavy atom. The van der Waals surface area contributed by atoms with E-state index < -0.39 is 21.5 Å². The fourth-order valence-electron chi connectivity index (χ4n) is 11.2. The van der Waals surface area contributed by atoms with Crippen LogP contribution in [0.5, 0.6) is 0 Å². The fraction of sp³-hybridized carbons (Fsp3) is 0.800. The molecule has 1 unspecified atom stereocenters. The van der Waals surface area contributed by atoms with E-state index in [0.717, 1.165) is 56.3 Å². The van der Waals surface area contributed by atoms with E-state index in [4.69, 9.17) is 0 Å². The molecule has 0 bridgehead atoms. The van der Waals surface area contributed by atoms with Gasteiger partial charge in [0, 0.05) is 18.7 Å². The van der Waals surface area contributed by atoms with Crippen LogP contribution in [0.3, 0.4) is 0 Å². The Labute approximate surface area is 264 Å². The lowest BCUT2D eigenvalue weighted by molar-refractivity contribution is -0.155. The van der Waals surface area contributed by atoms with Crippen LogP contribution in [-0.2, 0) is 10.0 Å². The first kappa shape index (κ1) is 33.2. The molecule has 7 atom stereocenters. The van der Waals surface area contributed by atoms with Gasteiger partial charge in [0.1, 0.15) is 9.77 Å². The predicted octanol–water partition coefficient (Wildman–Crippen LogP) is 8.23. The van der Waals surface area contributed by atoms with Crippen LogP contribution in [0.4, 0.5) is 0 Å². The van der Waals surface area contributed by atoms with Crippen molar-refractivity contribution in [1.29, 1.82) is 0 Å². The number of carboxylic acid groups (broad SMARTS) is 1. The summed E-state index contributed by atoms with van der Waals surface area (Å²) in [5.41, 5.74) is 0.871. The van der Waals surface area contributed by atoms with E-state index in [1.807, 2.05) is 0 Å². The monoisotopic (exact) mass is 633 g/mol. The quantitative estimate of drug-likeness (QED) is 0.281. The smallest absolute Gasteiger partial charge is 0.347 e. The second-order valence-electron chi connectivity index (χ2n) is 16.5. The van der Waals surface area contributed by atoms with Gasteiger partial charge in [0.05, 0.1) is 0 Å². The lowest BCUT2D eigenvalue weighted by Gasteiger charge is -2.64. The van der Waals surface area contributed by atoms with Crippen molar-refractivity contribution in [3.05, 3.63) is 28.5 Å². The molecule has 1 aromatic rings. The van der Waals surface area contributed by atoms with Gasteiger partial charge < -0.3 is 10.2 Å². The molecule has 0 aromatic carbocycles. The highest BCUT2D eigenvalue weighted by molar-refractivity contribution is 7.89. The molecule has 5 rings (SSSR count). The molecule has 3 aliphatic carbocycles. The number of piperidine rings is 1. The molecule has 1 saturated heterocycles. The van der Waals surface area contributed by atoms with Crippen LogP contribution >= 0.6 is 11.3 Å². The molecule has 4 fully saturated rings. The predicted molar refractivity (Wildman–Crippen MR) is 174 cm³/mol. The molecule has 1 aromatic heterocycles. The summed E-state index contributed by atoms with van der Waals surface area (Å²) in [5.74, 6) is 0.467. The SMILES string of the molecule is C=C(C)[C@@H]1CC[C@]2(CO)CC[C@]3(C)[C@H](CCC[C@@]3(C)CCC3C(C)(C)CCN(S(=O)(=O)c4ccsc4C(=O)O)C3(C)C)[C@@H]12. The van der Waals surface area contributed by atoms with Gasteiger partial charge in [-0.3, -0.25) is 0 Å². The van der Waals surface area contributed by atoms with Gasteiger partial charge in [-0.2, -0.15) is 4.31 Å². The maximum absolute atomic E-state index is 14.0. The number of nitrogens with zero attached hydrogens (tertiary/aromatic N) is 1. The lowest BCUT2D eigenvalue weighted by atomic mass is 9.41. The number of carbonyl (C=O) groups is 1. The van der Waals surface area contributed by atoms with Gasteiger partial charge >= 0.3 is 5.97 Å². The van der Waals surface area contributed by atoms with Crippen LogP contribution in [0.15, 0.2) is 28.5 Å². The minimum Gasteiger partial charge on any atom is -0.477 e. The summed E-state index contributed by atoms with van der Waals surface area (Å²) in [7, 11) is -3.98. The molecule has 4 aliphatic rings. The first-order valence-electron chi connectivity index (χ1n) is 16.5. The van der Waals surface area contributed by atoms with E-state index >= 15 is 0 Å². The Hall–Kier alpha value is -1.22. The number of fused-ring (bicyclic) bond motifs is 3. The van der Waals surface area contributed by atoms with Gasteiger partial charge in [-0.05, 0) is 135 Å². The molecular weight excluding hydrogens is 579 g/mol. The topological polar surface area (TPSA) is 94.9 Å². The Bertz CT molecular complexity index is 1360. The minimum absolute atomic E-state index is 0.0325. The van der Waals surface area contributed by atoms with Crippen LogP contribution in [0.25, 0.3) is 0 Å². The van der Waals surface area contributed by atoms with Crippen molar-refractivity contribution in [3.8, 4) is 0 Å². The van der Waals surface area contributed by atoms with Crippen LogP contribution in [-0.4, -0.2) is 47.6 Å². The third-order valence-electron chi connectivity index (χ3n) is 13.8. The summed E-state index contributed by atoms with van der Waals surface area (Å²) in [5, 5.41) is 22.0. The molecule has 8 heteroatoms. The van der Waals surface area contributed by atoms with Crippen molar-refractivity contribution in [2.45, 2.75) is 123 Å². The molecule has 242 valence electrons. The van der Waals surface area contributed by atoms with E-state index in [1.54, 1.807) is 9.69 Å². The molecule has 3 saturated carbocycles. The van der Waals surface area contributed by atoms with Crippen molar-refractivity contribution < 1.29 is 23.4 Å². The highest BCUT2D eigenvalue weighted by Gasteiger charge is 2.64. The number of rotatable bonds is 8. The highest BCUT2D eigenvalue weighted by Crippen LogP contribution is 2.71. The summed E-state index contributed by atoms with van der Waals surface area (Å²) in [6.07, 6.45) is 10.8. The molecule has 6 nitrogen and oxygen atoms in total. The van der Waals surface area contributed by atoms with E-state index in [0.29, 0.717) is 24.3 Å². The summed E-state index contributed by atoms with van der Waals surface area (Å²) in [4.78, 5) is 11.7. The van der Waals surface area contributed by atoms with Gasteiger partial charge in [-0.1, -0.05) is 46.3 Å². The number of aromatic carboxylic acids is 1. The molecular formula is C35H55NO5S2. The largest absolute Gasteiger partial charge is 0.477 e. The normalized spacial score (nSPS) is 39.2. The second-order valence-corrected chi connectivity index (χ2v) is 19.2. The number of allylic oxidation sites excluding steroid dienone is 1. The van der Waals surface area contributed by atoms with Gasteiger partial charge in [0.25, 0.3) is 0 Å². The van der Waals surface area contributed by atoms with Crippen molar-refractivity contribution in [1.82, 2.24) is 4.31 Å². The van der Waals surface area contributed by atoms with Crippen molar-refractivity contribution >= 4 is 27.3 Å². The summed E-state index contributed by atoms with van der Waals surface area (Å²) < 4.78 is 29.7. The Morgan fingerprint density at radius 3 is 2.40 bits per heavy atom. The van der Waals surface area contributed by atoms with E-state index in [1.165, 1.54) is 30.9 Å². The Kier molecular flexibility index (Phi) is 8.44. The number of hydrogen-bond acceptors (Lipinski definition) is 5. The summed E-state index contributed by atoms with van der Waals surface area (Å²) in [6.45, 7) is 21.0. The van der Waals surface area contributed by atoms with Gasteiger partial charge in [-0.15, -0.1) is 11.3 Å². The van der Waals surface area contributed by atoms with E-state index in [2.05, 4.69) is 55.0 Å². The molecule has 0 amide bonds. The second kappa shape index (κ2) is 10.9. The number of thiophene rings is 1. The molecule has 43 heavy (non-hydrogen) atoms. The molecule has 2 heterocycles. The number of hydrogen-bond donors (Lipinski definition) is 2. The average molecular weight is 634 g/mol. The molecule has 2 N–H and O–H groups in total. The zero-order chi connectivity index (χ0) is 31.8. The van der Waals surface area contributed by atoms with Gasteiger partial charge in [-0.25, -0.2) is 13.2 Å². The highest BCUT2D eigenvalue weighted by atomic mass is 32.2. The summed E-state index contributed by atoms with van der Waals surface area (Å²) >= 11 is 0.971. The summed E-state index contributed by atoms with van der Waals surface area (Å²) in [6, 6.07) is 1.45. The number of carboxylic acids is 1. The first-order valence-corrected chi connectivity index (χ1v) is 18.8. The van der Waals surface area contributed by atoms with Crippen LogP contribution < -0.4 is 0 Å². The van der Waals surface area contributed by atoms with E-state index in [9.17, 15) is 23.4 Å². The zero-order valence-electron chi connectivity index (χ0n) is 27.5. The molecule has 1 aliphatic heterocycles. The van der Waals surface area contributed by atoms with Crippen molar-refractivity contribution in [2.75, 3.05) is 13.2 Å². The Morgan fingerprint density at radius 1 is 1.07 bits per heavy atom. The standard InChI is InChI=1S/C35H55NO5S2/c1-23(2)24-11-16-35(22-37)18-17-34(8)25(28(24)35)10-9-14-33(34,7)15-12-27-31(3,4)19-20-36(32(27,5)6)43(40,41)26-13-21-42-29(26)30(38)39/h13,21,24-25,27-28,37H,1,9-12,14-20,22H2,2-8H3,(H,38,39)/t24-,25+,27?,28+,33-,34+,35+/m0/s1. The van der Waals surface area contributed by atoms with Crippen molar-refractivity contribution in [2.24, 2.45) is 45.3 Å². The maximum atomic E-state index is 14.0. The first-order chi connectivity index (χ1) is 19.9. The average Bonchev–Trinajstić information content (AvgIpc) is 3.55. The maximum Gasteiger partial charge on any atom is 0.347 e. The lowest BCUT2D eigenvalue weighted by Crippen LogP contribution is -2.61. The molecule has 0 spiro atoms. The number of aliphatic hydroxyl groups excluding tert-OH is 1. The van der Waals surface area contributed by atoms with Crippen LogP contribution in [0, 0.1) is 45.3 Å². The zero-order valence-corrected chi connectivity index (χ0v) is 29.2. The minimum atomic E-state index is -3.98. The van der Waals surface area contributed by atoms with Gasteiger partial charge in [0.15, 0.2) is 0 Å². The third-order valence-corrected chi connectivity index (χ3v) is 17.0. The number of sulfonamides is 1. The fourth-order valence-corrected chi connectivity index (χ4v) is 14.2. The van der Waals surface area contributed by atoms with Crippen molar-refractivity contribution in [3.63, 3.8) is 0 Å². The number of aliphatic hydroxyl groups is 1. The van der Waals surface area contributed by atoms with Crippen LogP contribution in [0.1, 0.15) is 122 Å². The molecule has 0 radical (unpaired) electrons.